The average Bonchev–Trinajstić information content (AvgIpc) is 3.10. The van der Waals surface area contributed by atoms with Crippen molar-refractivity contribution < 1.29 is 14.6 Å². The van der Waals surface area contributed by atoms with E-state index < -0.39 is 11.4 Å². The van der Waals surface area contributed by atoms with Gasteiger partial charge in [-0.25, -0.2) is 9.78 Å². The summed E-state index contributed by atoms with van der Waals surface area (Å²) in [7, 11) is 1.24. The monoisotopic (exact) mass is 342 g/mol. The second kappa shape index (κ2) is 6.86. The Morgan fingerprint density at radius 2 is 2.12 bits per heavy atom. The molecular formula is C17H18N4O4. The molecule has 0 aliphatic heterocycles. The number of fused-ring (bicyclic) bond motifs is 1. The molecule has 0 atom stereocenters. The summed E-state index contributed by atoms with van der Waals surface area (Å²) in [6.07, 6.45) is 4.91. The van der Waals surface area contributed by atoms with Crippen LogP contribution >= 0.6 is 0 Å². The molecule has 25 heavy (non-hydrogen) atoms. The van der Waals surface area contributed by atoms with Gasteiger partial charge in [0.15, 0.2) is 0 Å². The molecule has 3 heterocycles. The van der Waals surface area contributed by atoms with Crippen LogP contribution in [-0.2, 0) is 17.8 Å². The van der Waals surface area contributed by atoms with Crippen molar-refractivity contribution in [3.05, 3.63) is 46.5 Å². The Labute approximate surface area is 143 Å². The summed E-state index contributed by atoms with van der Waals surface area (Å²) in [6.45, 7) is 2.84. The first kappa shape index (κ1) is 16.8. The molecule has 0 unspecified atom stereocenters. The minimum atomic E-state index is -0.663. The van der Waals surface area contributed by atoms with Gasteiger partial charge in [0, 0.05) is 24.5 Å². The molecule has 8 heteroatoms. The standard InChI is InChI=1S/C17H18N4O4/c1-3-20-10-13(17(24)25-2)15(23)12-4-5-14(19-16(12)20)11-8-18-21(9-11)6-7-22/h4-5,8-10,22H,3,6-7H2,1-2H3. The summed E-state index contributed by atoms with van der Waals surface area (Å²) in [5.41, 5.74) is 1.52. The predicted molar refractivity (Wildman–Crippen MR) is 91.3 cm³/mol. The highest BCUT2D eigenvalue weighted by Crippen LogP contribution is 2.20. The topological polar surface area (TPSA) is 99.2 Å². The molecule has 0 aliphatic carbocycles. The quantitative estimate of drug-likeness (QED) is 0.696. The highest BCUT2D eigenvalue weighted by atomic mass is 16.5. The maximum atomic E-state index is 12.5. The minimum absolute atomic E-state index is 0.00203. The Hall–Kier alpha value is -3.00. The highest BCUT2D eigenvalue weighted by molar-refractivity contribution is 5.93. The van der Waals surface area contributed by atoms with Crippen molar-refractivity contribution >= 4 is 17.0 Å². The van der Waals surface area contributed by atoms with E-state index in [2.05, 4.69) is 14.8 Å². The molecule has 3 rings (SSSR count). The molecule has 130 valence electrons. The Bertz CT molecular complexity index is 990. The Balaban J connectivity index is 2.16. The number of aryl methyl sites for hydroxylation is 1. The lowest BCUT2D eigenvalue weighted by molar-refractivity contribution is 0.0598. The van der Waals surface area contributed by atoms with E-state index in [0.29, 0.717) is 29.8 Å². The number of hydrogen-bond donors (Lipinski definition) is 1. The molecule has 3 aromatic rings. The van der Waals surface area contributed by atoms with Crippen LogP contribution in [0.4, 0.5) is 0 Å². The van der Waals surface area contributed by atoms with Gasteiger partial charge in [-0.2, -0.15) is 5.10 Å². The van der Waals surface area contributed by atoms with Gasteiger partial charge in [0.1, 0.15) is 11.2 Å². The van der Waals surface area contributed by atoms with E-state index in [9.17, 15) is 9.59 Å². The zero-order chi connectivity index (χ0) is 18.0. The maximum Gasteiger partial charge on any atom is 0.343 e. The molecule has 1 N–H and O–H groups in total. The van der Waals surface area contributed by atoms with Crippen LogP contribution in [0, 0.1) is 0 Å². The number of rotatable bonds is 5. The van der Waals surface area contributed by atoms with E-state index in [1.807, 2.05) is 6.92 Å². The van der Waals surface area contributed by atoms with E-state index in [1.54, 1.807) is 33.8 Å². The number of esters is 1. The van der Waals surface area contributed by atoms with Crippen LogP contribution in [0.2, 0.25) is 0 Å². The van der Waals surface area contributed by atoms with Gasteiger partial charge in [0.05, 0.1) is 37.5 Å². The summed E-state index contributed by atoms with van der Waals surface area (Å²) in [5, 5.41) is 13.5. The van der Waals surface area contributed by atoms with E-state index in [0.717, 1.165) is 5.56 Å². The SMILES string of the molecule is CCn1cc(C(=O)OC)c(=O)c2ccc(-c3cnn(CCO)c3)nc21. The van der Waals surface area contributed by atoms with Crippen molar-refractivity contribution in [2.75, 3.05) is 13.7 Å². The molecule has 0 spiro atoms. The summed E-state index contributed by atoms with van der Waals surface area (Å²) >= 11 is 0. The average molecular weight is 342 g/mol. The van der Waals surface area contributed by atoms with Crippen LogP contribution in [0.25, 0.3) is 22.3 Å². The third-order valence-electron chi connectivity index (χ3n) is 3.93. The van der Waals surface area contributed by atoms with Gasteiger partial charge < -0.3 is 14.4 Å². The van der Waals surface area contributed by atoms with Crippen LogP contribution < -0.4 is 5.43 Å². The number of carbonyl (C=O) groups excluding carboxylic acids is 1. The van der Waals surface area contributed by atoms with Gasteiger partial charge in [0.2, 0.25) is 5.43 Å². The van der Waals surface area contributed by atoms with Gasteiger partial charge in [0.25, 0.3) is 0 Å². The molecule has 0 radical (unpaired) electrons. The number of methoxy groups -OCH3 is 1. The molecule has 0 fully saturated rings. The fourth-order valence-corrected chi connectivity index (χ4v) is 2.64. The number of aromatic nitrogens is 4. The molecule has 0 aliphatic rings. The molecule has 8 nitrogen and oxygen atoms in total. The lowest BCUT2D eigenvalue weighted by Crippen LogP contribution is -2.20. The molecular weight excluding hydrogens is 324 g/mol. The lowest BCUT2D eigenvalue weighted by Gasteiger charge is -2.10. The zero-order valence-corrected chi connectivity index (χ0v) is 14.0. The van der Waals surface area contributed by atoms with Crippen molar-refractivity contribution in [3.63, 3.8) is 0 Å². The third-order valence-corrected chi connectivity index (χ3v) is 3.93. The number of hydrogen-bond acceptors (Lipinski definition) is 6. The number of aliphatic hydroxyl groups excluding tert-OH is 1. The van der Waals surface area contributed by atoms with E-state index in [4.69, 9.17) is 5.11 Å². The number of pyridine rings is 2. The number of carbonyl (C=O) groups is 1. The number of ether oxygens (including phenoxy) is 1. The lowest BCUT2D eigenvalue weighted by atomic mass is 10.1. The largest absolute Gasteiger partial charge is 0.465 e. The summed E-state index contributed by atoms with van der Waals surface area (Å²) in [6, 6.07) is 3.37. The van der Waals surface area contributed by atoms with Crippen LogP contribution in [0.3, 0.4) is 0 Å². The Morgan fingerprint density at radius 3 is 2.80 bits per heavy atom. The minimum Gasteiger partial charge on any atom is -0.465 e. The van der Waals surface area contributed by atoms with Crippen LogP contribution in [0.15, 0.2) is 35.5 Å². The molecule has 0 amide bonds. The third kappa shape index (κ3) is 3.03. The fourth-order valence-electron chi connectivity index (χ4n) is 2.64. The second-order valence-corrected chi connectivity index (χ2v) is 5.43. The first-order valence-corrected chi connectivity index (χ1v) is 7.85. The van der Waals surface area contributed by atoms with E-state index in [1.165, 1.54) is 13.3 Å². The van der Waals surface area contributed by atoms with Gasteiger partial charge in [-0.15, -0.1) is 0 Å². The normalized spacial score (nSPS) is 11.0. The maximum absolute atomic E-state index is 12.5. The first-order valence-electron chi connectivity index (χ1n) is 7.85. The van der Waals surface area contributed by atoms with E-state index in [-0.39, 0.29) is 12.2 Å². The Kier molecular flexibility index (Phi) is 4.62. The number of nitrogens with zero attached hydrogens (tertiary/aromatic N) is 4. The van der Waals surface area contributed by atoms with Crippen molar-refractivity contribution in [2.24, 2.45) is 0 Å². The highest BCUT2D eigenvalue weighted by Gasteiger charge is 2.17. The smallest absolute Gasteiger partial charge is 0.343 e. The van der Waals surface area contributed by atoms with Crippen molar-refractivity contribution in [1.29, 1.82) is 0 Å². The molecule has 3 aromatic heterocycles. The fraction of sp³-hybridized carbons (Fsp3) is 0.294. The Morgan fingerprint density at radius 1 is 1.32 bits per heavy atom. The van der Waals surface area contributed by atoms with Crippen molar-refractivity contribution in [1.82, 2.24) is 19.3 Å². The molecule has 0 saturated heterocycles. The van der Waals surface area contributed by atoms with Crippen molar-refractivity contribution in [3.8, 4) is 11.3 Å². The van der Waals surface area contributed by atoms with Gasteiger partial charge in [-0.3, -0.25) is 9.48 Å². The van der Waals surface area contributed by atoms with Crippen LogP contribution in [-0.4, -0.2) is 44.1 Å². The zero-order valence-electron chi connectivity index (χ0n) is 14.0. The van der Waals surface area contributed by atoms with Gasteiger partial charge in [-0.05, 0) is 19.1 Å². The molecule has 0 bridgehead atoms. The first-order chi connectivity index (χ1) is 12.1. The van der Waals surface area contributed by atoms with Crippen LogP contribution in [0.1, 0.15) is 17.3 Å². The summed E-state index contributed by atoms with van der Waals surface area (Å²) in [4.78, 5) is 28.9. The molecule has 0 aromatic carbocycles. The predicted octanol–water partition coefficient (Wildman–Crippen LogP) is 1.06. The summed E-state index contributed by atoms with van der Waals surface area (Å²) < 4.78 is 8.04. The molecule has 0 saturated carbocycles. The van der Waals surface area contributed by atoms with Crippen molar-refractivity contribution in [2.45, 2.75) is 20.0 Å². The summed E-state index contributed by atoms with van der Waals surface area (Å²) in [5.74, 6) is -0.663. The van der Waals surface area contributed by atoms with Gasteiger partial charge >= 0.3 is 5.97 Å². The number of aliphatic hydroxyl groups is 1. The van der Waals surface area contributed by atoms with E-state index >= 15 is 0 Å². The van der Waals surface area contributed by atoms with Gasteiger partial charge in [-0.1, -0.05) is 0 Å². The van der Waals surface area contributed by atoms with Crippen LogP contribution in [0.5, 0.6) is 0 Å². The second-order valence-electron chi connectivity index (χ2n) is 5.43.